The summed E-state index contributed by atoms with van der Waals surface area (Å²) in [5.74, 6) is -1.04. The van der Waals surface area contributed by atoms with E-state index in [-0.39, 0.29) is 17.1 Å². The van der Waals surface area contributed by atoms with E-state index in [0.29, 0.717) is 0 Å². The minimum absolute atomic E-state index is 0.0907. The lowest BCUT2D eigenvalue weighted by molar-refractivity contribution is -0.147. The molecule has 1 aliphatic carbocycles. The Kier molecular flexibility index (Phi) is 3.65. The summed E-state index contributed by atoms with van der Waals surface area (Å²) in [6.07, 6.45) is 3.60. The number of carbonyl (C=O) groups excluding carboxylic acids is 1. The lowest BCUT2D eigenvalue weighted by Gasteiger charge is -2.27. The molecule has 15 heavy (non-hydrogen) atoms. The normalized spacial score (nSPS) is 21.5. The van der Waals surface area contributed by atoms with Gasteiger partial charge in [0.05, 0.1) is 5.25 Å². The standard InChI is InChI=1S/C10H17NO3S/c1-6(15-3)8(12)11-10(2,9(13)14)7-4-5-7/h6-7H,4-5H2,1-3H3,(H,11,12)(H,13,14). The van der Waals surface area contributed by atoms with Crippen molar-refractivity contribution in [3.05, 3.63) is 0 Å². The number of hydrogen-bond acceptors (Lipinski definition) is 3. The van der Waals surface area contributed by atoms with E-state index in [9.17, 15) is 9.59 Å². The Morgan fingerprint density at radius 2 is 2.07 bits per heavy atom. The van der Waals surface area contributed by atoms with E-state index in [1.807, 2.05) is 6.26 Å². The van der Waals surface area contributed by atoms with Crippen molar-refractivity contribution >= 4 is 23.6 Å². The summed E-state index contributed by atoms with van der Waals surface area (Å²) in [7, 11) is 0. The van der Waals surface area contributed by atoms with Crippen LogP contribution in [0.5, 0.6) is 0 Å². The molecule has 1 fully saturated rings. The number of nitrogens with one attached hydrogen (secondary N) is 1. The maximum absolute atomic E-state index is 11.6. The smallest absolute Gasteiger partial charge is 0.329 e. The fourth-order valence-electron chi connectivity index (χ4n) is 1.46. The highest BCUT2D eigenvalue weighted by Crippen LogP contribution is 2.39. The van der Waals surface area contributed by atoms with Gasteiger partial charge >= 0.3 is 5.97 Å². The van der Waals surface area contributed by atoms with Gasteiger partial charge in [0.15, 0.2) is 0 Å². The van der Waals surface area contributed by atoms with Crippen LogP contribution in [0.4, 0.5) is 0 Å². The number of hydrogen-bond donors (Lipinski definition) is 2. The van der Waals surface area contributed by atoms with Gasteiger partial charge in [0.25, 0.3) is 0 Å². The van der Waals surface area contributed by atoms with Gasteiger partial charge in [-0.25, -0.2) is 4.79 Å². The van der Waals surface area contributed by atoms with Crippen LogP contribution in [0, 0.1) is 5.92 Å². The van der Waals surface area contributed by atoms with Crippen molar-refractivity contribution in [2.45, 2.75) is 37.5 Å². The molecule has 2 unspecified atom stereocenters. The molecule has 1 saturated carbocycles. The lowest BCUT2D eigenvalue weighted by atomic mass is 9.96. The predicted octanol–water partition coefficient (Wildman–Crippen LogP) is 1.11. The molecule has 5 heteroatoms. The summed E-state index contributed by atoms with van der Waals surface area (Å²) in [6.45, 7) is 3.37. The Morgan fingerprint density at radius 1 is 1.53 bits per heavy atom. The quantitative estimate of drug-likeness (QED) is 0.743. The molecule has 86 valence electrons. The van der Waals surface area contributed by atoms with Gasteiger partial charge in [0.1, 0.15) is 5.54 Å². The molecular formula is C10H17NO3S. The van der Waals surface area contributed by atoms with Crippen molar-refractivity contribution in [1.82, 2.24) is 5.32 Å². The van der Waals surface area contributed by atoms with Crippen LogP contribution in [0.2, 0.25) is 0 Å². The average molecular weight is 231 g/mol. The van der Waals surface area contributed by atoms with Gasteiger partial charge in [0, 0.05) is 0 Å². The van der Waals surface area contributed by atoms with E-state index in [1.165, 1.54) is 11.8 Å². The maximum Gasteiger partial charge on any atom is 0.329 e. The molecule has 1 rings (SSSR count). The molecule has 0 bridgehead atoms. The highest BCUT2D eigenvalue weighted by Gasteiger charge is 2.48. The summed E-state index contributed by atoms with van der Waals surface area (Å²) in [5.41, 5.74) is -1.08. The van der Waals surface area contributed by atoms with Gasteiger partial charge in [-0.15, -0.1) is 0 Å². The highest BCUT2D eigenvalue weighted by atomic mass is 32.2. The van der Waals surface area contributed by atoms with Crippen LogP contribution < -0.4 is 5.32 Å². The second kappa shape index (κ2) is 4.43. The highest BCUT2D eigenvalue weighted by molar-refractivity contribution is 7.99. The van der Waals surface area contributed by atoms with Crippen molar-refractivity contribution in [2.24, 2.45) is 5.92 Å². The average Bonchev–Trinajstić information content (AvgIpc) is 2.99. The molecule has 0 heterocycles. The molecular weight excluding hydrogens is 214 g/mol. The summed E-state index contributed by atoms with van der Waals surface area (Å²) in [4.78, 5) is 22.8. The van der Waals surface area contributed by atoms with Gasteiger partial charge in [0.2, 0.25) is 5.91 Å². The molecule has 2 atom stereocenters. The van der Waals surface area contributed by atoms with Crippen LogP contribution in [0.25, 0.3) is 0 Å². The van der Waals surface area contributed by atoms with Gasteiger partial charge in [-0.3, -0.25) is 4.79 Å². The number of carbonyl (C=O) groups is 2. The Bertz CT molecular complexity index is 278. The zero-order valence-electron chi connectivity index (χ0n) is 9.24. The third kappa shape index (κ3) is 2.65. The van der Waals surface area contributed by atoms with Crippen molar-refractivity contribution in [2.75, 3.05) is 6.26 Å². The molecule has 1 amide bonds. The molecule has 0 aliphatic heterocycles. The van der Waals surface area contributed by atoms with Crippen LogP contribution >= 0.6 is 11.8 Å². The van der Waals surface area contributed by atoms with Crippen LogP contribution in [-0.4, -0.2) is 34.0 Å². The van der Waals surface area contributed by atoms with Crippen molar-refractivity contribution < 1.29 is 14.7 Å². The zero-order chi connectivity index (χ0) is 11.6. The predicted molar refractivity (Wildman–Crippen MR) is 59.9 cm³/mol. The van der Waals surface area contributed by atoms with Crippen LogP contribution in [0.15, 0.2) is 0 Å². The monoisotopic (exact) mass is 231 g/mol. The molecule has 0 aromatic heterocycles. The van der Waals surface area contributed by atoms with Crippen LogP contribution in [0.1, 0.15) is 26.7 Å². The first-order chi connectivity index (χ1) is 6.91. The molecule has 0 spiro atoms. The van der Waals surface area contributed by atoms with E-state index < -0.39 is 11.5 Å². The Hall–Kier alpha value is -0.710. The number of carboxylic acids is 1. The summed E-state index contributed by atoms with van der Waals surface area (Å²) >= 11 is 1.41. The molecule has 1 aliphatic rings. The van der Waals surface area contributed by atoms with E-state index >= 15 is 0 Å². The van der Waals surface area contributed by atoms with E-state index in [0.717, 1.165) is 12.8 Å². The van der Waals surface area contributed by atoms with Crippen LogP contribution in [-0.2, 0) is 9.59 Å². The fraction of sp³-hybridized carbons (Fsp3) is 0.800. The Morgan fingerprint density at radius 3 is 2.40 bits per heavy atom. The van der Waals surface area contributed by atoms with Crippen molar-refractivity contribution in [3.8, 4) is 0 Å². The summed E-state index contributed by atoms with van der Waals surface area (Å²) in [5, 5.41) is 11.6. The summed E-state index contributed by atoms with van der Waals surface area (Å²) < 4.78 is 0. The number of carboxylic acid groups (broad SMARTS) is 1. The third-order valence-electron chi connectivity index (χ3n) is 2.94. The first kappa shape index (κ1) is 12.4. The third-order valence-corrected chi connectivity index (χ3v) is 3.86. The van der Waals surface area contributed by atoms with E-state index in [2.05, 4.69) is 5.32 Å². The van der Waals surface area contributed by atoms with Crippen LogP contribution in [0.3, 0.4) is 0 Å². The number of amides is 1. The number of rotatable bonds is 5. The maximum atomic E-state index is 11.6. The molecule has 0 aromatic carbocycles. The van der Waals surface area contributed by atoms with E-state index in [1.54, 1.807) is 13.8 Å². The zero-order valence-corrected chi connectivity index (χ0v) is 10.1. The molecule has 0 aromatic rings. The van der Waals surface area contributed by atoms with E-state index in [4.69, 9.17) is 5.11 Å². The SMILES string of the molecule is CSC(C)C(=O)NC(C)(C(=O)O)C1CC1. The van der Waals surface area contributed by atoms with Crippen molar-refractivity contribution in [3.63, 3.8) is 0 Å². The molecule has 4 nitrogen and oxygen atoms in total. The second-order valence-electron chi connectivity index (χ2n) is 4.15. The molecule has 0 saturated heterocycles. The Balaban J connectivity index is 2.67. The van der Waals surface area contributed by atoms with Gasteiger partial charge in [-0.05, 0) is 38.9 Å². The number of thioether (sulfide) groups is 1. The molecule has 0 radical (unpaired) electrons. The van der Waals surface area contributed by atoms with Gasteiger partial charge in [-0.2, -0.15) is 11.8 Å². The van der Waals surface area contributed by atoms with Gasteiger partial charge in [-0.1, -0.05) is 0 Å². The Labute approximate surface area is 93.8 Å². The second-order valence-corrected chi connectivity index (χ2v) is 5.33. The largest absolute Gasteiger partial charge is 0.480 e. The lowest BCUT2D eigenvalue weighted by Crippen LogP contribution is -2.55. The number of aliphatic carboxylic acids is 1. The van der Waals surface area contributed by atoms with Crippen molar-refractivity contribution in [1.29, 1.82) is 0 Å². The molecule has 2 N–H and O–H groups in total. The topological polar surface area (TPSA) is 66.4 Å². The van der Waals surface area contributed by atoms with Gasteiger partial charge < -0.3 is 10.4 Å². The first-order valence-corrected chi connectivity index (χ1v) is 6.28. The minimum atomic E-state index is -1.08. The first-order valence-electron chi connectivity index (χ1n) is 5.00. The minimum Gasteiger partial charge on any atom is -0.480 e. The summed E-state index contributed by atoms with van der Waals surface area (Å²) in [6, 6.07) is 0. The fourth-order valence-corrected chi connectivity index (χ4v) is 1.73.